The SMILES string of the molecule is CC[C@H](C(=O)NCC(C)C)N(Cc1ccc(Cl)cc1)C(=O)CN(c1ccc(Cl)c(Cl)c1)S(=O)(=O)c1ccc(C)cc1. The van der Waals surface area contributed by atoms with Crippen molar-refractivity contribution in [2.24, 2.45) is 5.92 Å². The number of aryl methyl sites for hydroxylation is 1. The first-order valence-electron chi connectivity index (χ1n) is 13.2. The van der Waals surface area contributed by atoms with Crippen molar-refractivity contribution < 1.29 is 18.0 Å². The van der Waals surface area contributed by atoms with Crippen molar-refractivity contribution in [3.05, 3.63) is 92.9 Å². The first-order valence-corrected chi connectivity index (χ1v) is 15.8. The molecule has 1 atom stereocenters. The van der Waals surface area contributed by atoms with Crippen molar-refractivity contribution in [3.63, 3.8) is 0 Å². The number of carbonyl (C=O) groups excluding carboxylic acids is 2. The van der Waals surface area contributed by atoms with E-state index in [1.54, 1.807) is 36.4 Å². The Bertz CT molecular complexity index is 1460. The summed E-state index contributed by atoms with van der Waals surface area (Å²) in [5, 5.41) is 3.82. The smallest absolute Gasteiger partial charge is 0.264 e. The molecule has 0 spiro atoms. The summed E-state index contributed by atoms with van der Waals surface area (Å²) >= 11 is 18.4. The van der Waals surface area contributed by atoms with Crippen molar-refractivity contribution in [1.29, 1.82) is 0 Å². The minimum Gasteiger partial charge on any atom is -0.354 e. The number of anilines is 1. The number of carbonyl (C=O) groups is 2. The second-order valence-corrected chi connectivity index (χ2v) is 13.2. The van der Waals surface area contributed by atoms with Crippen LogP contribution in [0.3, 0.4) is 0 Å². The topological polar surface area (TPSA) is 86.8 Å². The van der Waals surface area contributed by atoms with E-state index >= 15 is 0 Å². The summed E-state index contributed by atoms with van der Waals surface area (Å²) in [7, 11) is -4.22. The van der Waals surface area contributed by atoms with Gasteiger partial charge in [-0.15, -0.1) is 0 Å². The number of nitrogens with one attached hydrogen (secondary N) is 1. The van der Waals surface area contributed by atoms with Crippen LogP contribution in [-0.4, -0.2) is 44.3 Å². The van der Waals surface area contributed by atoms with Gasteiger partial charge in [-0.3, -0.25) is 13.9 Å². The van der Waals surface area contributed by atoms with Gasteiger partial charge in [-0.25, -0.2) is 8.42 Å². The largest absolute Gasteiger partial charge is 0.354 e. The fourth-order valence-electron chi connectivity index (χ4n) is 4.13. The van der Waals surface area contributed by atoms with Gasteiger partial charge in [0.05, 0.1) is 20.6 Å². The normalized spacial score (nSPS) is 12.2. The Morgan fingerprint density at radius 2 is 1.54 bits per heavy atom. The van der Waals surface area contributed by atoms with E-state index in [2.05, 4.69) is 5.32 Å². The van der Waals surface area contributed by atoms with E-state index in [-0.39, 0.29) is 39.0 Å². The third kappa shape index (κ3) is 8.61. The maximum Gasteiger partial charge on any atom is 0.264 e. The number of sulfonamides is 1. The van der Waals surface area contributed by atoms with Crippen molar-refractivity contribution >= 4 is 62.3 Å². The second-order valence-electron chi connectivity index (χ2n) is 10.1. The Morgan fingerprint density at radius 1 is 0.902 bits per heavy atom. The van der Waals surface area contributed by atoms with Crippen LogP contribution in [0.5, 0.6) is 0 Å². The second kappa shape index (κ2) is 14.4. The maximum atomic E-state index is 14.1. The number of hydrogen-bond acceptors (Lipinski definition) is 4. The molecule has 2 amide bonds. The van der Waals surface area contributed by atoms with Gasteiger partial charge in [0, 0.05) is 18.1 Å². The number of amides is 2. The van der Waals surface area contributed by atoms with Crippen LogP contribution in [0.1, 0.15) is 38.3 Å². The van der Waals surface area contributed by atoms with Crippen LogP contribution in [-0.2, 0) is 26.2 Å². The molecule has 41 heavy (non-hydrogen) atoms. The molecule has 0 aliphatic rings. The summed E-state index contributed by atoms with van der Waals surface area (Å²) in [6.07, 6.45) is 0.320. The Balaban J connectivity index is 2.06. The van der Waals surface area contributed by atoms with Gasteiger partial charge in [0.15, 0.2) is 0 Å². The predicted molar refractivity (Wildman–Crippen MR) is 166 cm³/mol. The molecule has 0 unspecified atom stereocenters. The average Bonchev–Trinajstić information content (AvgIpc) is 2.93. The fourth-order valence-corrected chi connectivity index (χ4v) is 5.96. The summed E-state index contributed by atoms with van der Waals surface area (Å²) in [6.45, 7) is 7.54. The van der Waals surface area contributed by atoms with Gasteiger partial charge in [0.2, 0.25) is 11.8 Å². The van der Waals surface area contributed by atoms with E-state index < -0.39 is 28.5 Å². The summed E-state index contributed by atoms with van der Waals surface area (Å²) in [5.74, 6) is -0.666. The molecule has 0 bridgehead atoms. The zero-order valence-electron chi connectivity index (χ0n) is 23.4. The number of rotatable bonds is 12. The Kier molecular flexibility index (Phi) is 11.5. The van der Waals surface area contributed by atoms with Gasteiger partial charge >= 0.3 is 0 Å². The summed E-state index contributed by atoms with van der Waals surface area (Å²) in [6, 6.07) is 16.8. The van der Waals surface area contributed by atoms with E-state index in [0.717, 1.165) is 15.4 Å². The highest BCUT2D eigenvalue weighted by Crippen LogP contribution is 2.31. The third-order valence-electron chi connectivity index (χ3n) is 6.42. The van der Waals surface area contributed by atoms with Crippen LogP contribution < -0.4 is 9.62 Å². The van der Waals surface area contributed by atoms with Gasteiger partial charge in [0.25, 0.3) is 10.0 Å². The summed E-state index contributed by atoms with van der Waals surface area (Å²) in [4.78, 5) is 28.8. The lowest BCUT2D eigenvalue weighted by atomic mass is 10.1. The maximum absolute atomic E-state index is 14.1. The minimum absolute atomic E-state index is 0.00735. The summed E-state index contributed by atoms with van der Waals surface area (Å²) < 4.78 is 28.9. The van der Waals surface area contributed by atoms with Crippen LogP contribution >= 0.6 is 34.8 Å². The number of benzene rings is 3. The molecule has 0 aromatic heterocycles. The molecule has 0 heterocycles. The minimum atomic E-state index is -4.22. The third-order valence-corrected chi connectivity index (χ3v) is 9.19. The van der Waals surface area contributed by atoms with Gasteiger partial charge in [-0.05, 0) is 67.3 Å². The van der Waals surface area contributed by atoms with Gasteiger partial charge in [-0.1, -0.05) is 85.4 Å². The number of hydrogen-bond donors (Lipinski definition) is 1. The Labute approximate surface area is 257 Å². The van der Waals surface area contributed by atoms with Gasteiger partial charge < -0.3 is 10.2 Å². The molecule has 7 nitrogen and oxygen atoms in total. The first-order chi connectivity index (χ1) is 19.3. The molecule has 0 fully saturated rings. The zero-order valence-corrected chi connectivity index (χ0v) is 26.5. The van der Waals surface area contributed by atoms with E-state index in [1.165, 1.54) is 35.2 Å². The van der Waals surface area contributed by atoms with Crippen molar-refractivity contribution in [3.8, 4) is 0 Å². The van der Waals surface area contributed by atoms with Gasteiger partial charge in [-0.2, -0.15) is 0 Å². The Morgan fingerprint density at radius 3 is 2.10 bits per heavy atom. The molecule has 220 valence electrons. The Hall–Kier alpha value is -2.78. The van der Waals surface area contributed by atoms with Crippen molar-refractivity contribution in [2.45, 2.75) is 51.6 Å². The molecule has 11 heteroatoms. The highest BCUT2D eigenvalue weighted by Gasteiger charge is 2.34. The molecule has 3 aromatic carbocycles. The fraction of sp³-hybridized carbons (Fsp3) is 0.333. The van der Waals surface area contributed by atoms with Crippen molar-refractivity contribution in [2.75, 3.05) is 17.4 Å². The average molecular weight is 639 g/mol. The highest BCUT2D eigenvalue weighted by molar-refractivity contribution is 7.92. The van der Waals surface area contributed by atoms with Crippen LogP contribution in [0.25, 0.3) is 0 Å². The van der Waals surface area contributed by atoms with E-state index in [4.69, 9.17) is 34.8 Å². The lowest BCUT2D eigenvalue weighted by Gasteiger charge is -2.33. The lowest BCUT2D eigenvalue weighted by molar-refractivity contribution is -0.140. The van der Waals surface area contributed by atoms with E-state index in [9.17, 15) is 18.0 Å². The zero-order chi connectivity index (χ0) is 30.3. The first kappa shape index (κ1) is 32.7. The molecular formula is C30H34Cl3N3O4S. The summed E-state index contributed by atoms with van der Waals surface area (Å²) in [5.41, 5.74) is 1.78. The van der Waals surface area contributed by atoms with Gasteiger partial charge in [0.1, 0.15) is 12.6 Å². The molecule has 0 aliphatic heterocycles. The number of halogens is 3. The van der Waals surface area contributed by atoms with Crippen LogP contribution in [0, 0.1) is 12.8 Å². The molecule has 0 saturated heterocycles. The molecular weight excluding hydrogens is 605 g/mol. The molecule has 3 aromatic rings. The predicted octanol–water partition coefficient (Wildman–Crippen LogP) is 6.73. The highest BCUT2D eigenvalue weighted by atomic mass is 35.5. The van der Waals surface area contributed by atoms with Crippen LogP contribution in [0.15, 0.2) is 71.6 Å². The number of nitrogens with zero attached hydrogens (tertiary/aromatic N) is 2. The lowest BCUT2D eigenvalue weighted by Crippen LogP contribution is -2.52. The van der Waals surface area contributed by atoms with E-state index in [0.29, 0.717) is 18.0 Å². The molecule has 0 radical (unpaired) electrons. The molecule has 0 saturated carbocycles. The standard InChI is InChI=1S/C30H34Cl3N3O4S/c1-5-28(30(38)34-17-20(2)3)35(18-22-8-10-23(31)11-9-22)29(37)19-36(24-12-15-26(32)27(33)16-24)41(39,40)25-13-6-21(4)7-14-25/h6-16,20,28H,5,17-19H2,1-4H3,(H,34,38)/t28-/m1/s1. The quantitative estimate of drug-likeness (QED) is 0.238. The molecule has 3 rings (SSSR count). The van der Waals surface area contributed by atoms with Crippen LogP contribution in [0.2, 0.25) is 15.1 Å². The van der Waals surface area contributed by atoms with E-state index in [1.807, 2.05) is 27.7 Å². The van der Waals surface area contributed by atoms with Crippen LogP contribution in [0.4, 0.5) is 5.69 Å². The van der Waals surface area contributed by atoms with Crippen molar-refractivity contribution in [1.82, 2.24) is 10.2 Å². The molecule has 0 aliphatic carbocycles. The molecule has 1 N–H and O–H groups in total. The monoisotopic (exact) mass is 637 g/mol.